The van der Waals surface area contributed by atoms with E-state index in [1.165, 1.54) is 0 Å². The summed E-state index contributed by atoms with van der Waals surface area (Å²) in [6.45, 7) is 4.85. The molecule has 1 aliphatic heterocycles. The number of nitrogens with one attached hydrogen (secondary N) is 1. The van der Waals surface area contributed by atoms with Gasteiger partial charge in [-0.15, -0.1) is 0 Å². The van der Waals surface area contributed by atoms with E-state index in [4.69, 9.17) is 21.1 Å². The Bertz CT molecular complexity index is 393. The van der Waals surface area contributed by atoms with Crippen LogP contribution in [0.5, 0.6) is 0 Å². The van der Waals surface area contributed by atoms with Crippen molar-refractivity contribution in [2.75, 3.05) is 26.9 Å². The van der Waals surface area contributed by atoms with Gasteiger partial charge in [0.2, 0.25) is 0 Å². The van der Waals surface area contributed by atoms with Crippen LogP contribution in [-0.4, -0.2) is 32.9 Å². The second-order valence-corrected chi connectivity index (χ2v) is 5.51. The van der Waals surface area contributed by atoms with Crippen LogP contribution in [0.25, 0.3) is 0 Å². The normalized spacial score (nSPS) is 22.4. The Balaban J connectivity index is 1.94. The molecule has 2 rings (SSSR count). The maximum Gasteiger partial charge on any atom is 0.0985 e. The van der Waals surface area contributed by atoms with E-state index < -0.39 is 0 Å². The SMILES string of the molecule is CO[C@H](c1ccccc1Cl)[C@@H](C)NC[C@@H]1CCOC1. The van der Waals surface area contributed by atoms with Gasteiger partial charge in [0, 0.05) is 36.9 Å². The fourth-order valence-electron chi connectivity index (χ4n) is 2.51. The first kappa shape index (κ1) is 14.8. The number of hydrogen-bond donors (Lipinski definition) is 1. The van der Waals surface area contributed by atoms with Gasteiger partial charge in [0.15, 0.2) is 0 Å². The highest BCUT2D eigenvalue weighted by atomic mass is 35.5. The summed E-state index contributed by atoms with van der Waals surface area (Å²) in [5.41, 5.74) is 1.04. The van der Waals surface area contributed by atoms with Gasteiger partial charge in [-0.05, 0) is 25.3 Å². The highest BCUT2D eigenvalue weighted by Crippen LogP contribution is 2.27. The van der Waals surface area contributed by atoms with Crippen molar-refractivity contribution in [3.8, 4) is 0 Å². The van der Waals surface area contributed by atoms with Crippen molar-refractivity contribution in [1.29, 1.82) is 0 Å². The third-order valence-electron chi connectivity index (χ3n) is 3.67. The van der Waals surface area contributed by atoms with Crippen LogP contribution in [-0.2, 0) is 9.47 Å². The van der Waals surface area contributed by atoms with Crippen LogP contribution in [0.3, 0.4) is 0 Å². The molecule has 1 aromatic carbocycles. The molecule has 3 nitrogen and oxygen atoms in total. The summed E-state index contributed by atoms with van der Waals surface area (Å²) in [5, 5.41) is 4.29. The van der Waals surface area contributed by atoms with Gasteiger partial charge in [-0.3, -0.25) is 0 Å². The Morgan fingerprint density at radius 3 is 2.89 bits per heavy atom. The highest BCUT2D eigenvalue weighted by molar-refractivity contribution is 6.31. The van der Waals surface area contributed by atoms with Crippen molar-refractivity contribution in [2.24, 2.45) is 5.92 Å². The van der Waals surface area contributed by atoms with Crippen molar-refractivity contribution < 1.29 is 9.47 Å². The number of rotatable bonds is 6. The lowest BCUT2D eigenvalue weighted by molar-refractivity contribution is 0.0717. The summed E-state index contributed by atoms with van der Waals surface area (Å²) in [5.74, 6) is 0.617. The number of benzene rings is 1. The predicted octanol–water partition coefficient (Wildman–Crippen LogP) is 3.04. The van der Waals surface area contributed by atoms with E-state index in [0.29, 0.717) is 5.92 Å². The molecule has 0 saturated carbocycles. The lowest BCUT2D eigenvalue weighted by Gasteiger charge is -2.26. The Morgan fingerprint density at radius 1 is 1.47 bits per heavy atom. The molecule has 3 atom stereocenters. The van der Waals surface area contributed by atoms with Crippen molar-refractivity contribution in [3.63, 3.8) is 0 Å². The van der Waals surface area contributed by atoms with Crippen LogP contribution >= 0.6 is 11.6 Å². The lowest BCUT2D eigenvalue weighted by atomic mass is 10.0. The van der Waals surface area contributed by atoms with Crippen molar-refractivity contribution in [3.05, 3.63) is 34.9 Å². The molecular formula is C15H22ClNO2. The smallest absolute Gasteiger partial charge is 0.0985 e. The van der Waals surface area contributed by atoms with Gasteiger partial charge >= 0.3 is 0 Å². The molecule has 0 radical (unpaired) electrons. The molecule has 0 amide bonds. The number of ether oxygens (including phenoxy) is 2. The van der Waals surface area contributed by atoms with Gasteiger partial charge in [0.1, 0.15) is 0 Å². The maximum atomic E-state index is 6.24. The minimum atomic E-state index is -0.0315. The third kappa shape index (κ3) is 3.93. The second kappa shape index (κ2) is 7.25. The van der Waals surface area contributed by atoms with E-state index in [1.54, 1.807) is 7.11 Å². The minimum absolute atomic E-state index is 0.0315. The summed E-state index contributed by atoms with van der Waals surface area (Å²) in [4.78, 5) is 0. The quantitative estimate of drug-likeness (QED) is 0.870. The molecule has 106 valence electrons. The van der Waals surface area contributed by atoms with Crippen LogP contribution in [0.15, 0.2) is 24.3 Å². The molecule has 0 spiro atoms. The summed E-state index contributed by atoms with van der Waals surface area (Å²) in [6.07, 6.45) is 1.11. The van der Waals surface area contributed by atoms with E-state index in [9.17, 15) is 0 Å². The number of methoxy groups -OCH3 is 1. The molecular weight excluding hydrogens is 262 g/mol. The van der Waals surface area contributed by atoms with Crippen LogP contribution < -0.4 is 5.32 Å². The summed E-state index contributed by atoms with van der Waals surface area (Å²) >= 11 is 6.24. The minimum Gasteiger partial charge on any atom is -0.381 e. The Hall–Kier alpha value is -0.610. The second-order valence-electron chi connectivity index (χ2n) is 5.10. The Labute approximate surface area is 120 Å². The van der Waals surface area contributed by atoms with E-state index >= 15 is 0 Å². The molecule has 1 aliphatic rings. The van der Waals surface area contributed by atoms with Crippen molar-refractivity contribution in [1.82, 2.24) is 5.32 Å². The fraction of sp³-hybridized carbons (Fsp3) is 0.600. The van der Waals surface area contributed by atoms with Crippen LogP contribution in [0.4, 0.5) is 0 Å². The molecule has 1 heterocycles. The van der Waals surface area contributed by atoms with Gasteiger partial charge in [0.05, 0.1) is 12.7 Å². The zero-order valence-corrected chi connectivity index (χ0v) is 12.3. The average Bonchev–Trinajstić information content (AvgIpc) is 2.92. The molecule has 1 aromatic rings. The summed E-state index contributed by atoms with van der Waals surface area (Å²) in [6, 6.07) is 8.07. The van der Waals surface area contributed by atoms with Gasteiger partial charge in [-0.2, -0.15) is 0 Å². The fourth-order valence-corrected chi connectivity index (χ4v) is 2.75. The first-order valence-electron chi connectivity index (χ1n) is 6.80. The van der Waals surface area contributed by atoms with E-state index in [2.05, 4.69) is 12.2 Å². The van der Waals surface area contributed by atoms with Crippen LogP contribution in [0, 0.1) is 5.92 Å². The van der Waals surface area contributed by atoms with E-state index in [1.807, 2.05) is 24.3 Å². The highest BCUT2D eigenvalue weighted by Gasteiger charge is 2.23. The summed E-state index contributed by atoms with van der Waals surface area (Å²) in [7, 11) is 1.73. The molecule has 0 aromatic heterocycles. The zero-order valence-electron chi connectivity index (χ0n) is 11.6. The van der Waals surface area contributed by atoms with Crippen molar-refractivity contribution in [2.45, 2.75) is 25.5 Å². The van der Waals surface area contributed by atoms with E-state index in [-0.39, 0.29) is 12.1 Å². The van der Waals surface area contributed by atoms with Gasteiger partial charge in [0.25, 0.3) is 0 Å². The largest absolute Gasteiger partial charge is 0.381 e. The zero-order chi connectivity index (χ0) is 13.7. The Kier molecular flexibility index (Phi) is 5.64. The third-order valence-corrected chi connectivity index (χ3v) is 4.02. The molecule has 1 fully saturated rings. The standard InChI is InChI=1S/C15H22ClNO2/c1-11(17-9-12-7-8-19-10-12)15(18-2)13-5-3-4-6-14(13)16/h3-6,11-12,15,17H,7-10H2,1-2H3/t11-,12+,15+/m1/s1. The summed E-state index contributed by atoms with van der Waals surface area (Å²) < 4.78 is 11.0. The van der Waals surface area contributed by atoms with Crippen molar-refractivity contribution >= 4 is 11.6 Å². The first-order chi connectivity index (χ1) is 9.22. The van der Waals surface area contributed by atoms with Crippen LogP contribution in [0.2, 0.25) is 5.02 Å². The Morgan fingerprint density at radius 2 is 2.26 bits per heavy atom. The van der Waals surface area contributed by atoms with Gasteiger partial charge < -0.3 is 14.8 Å². The van der Waals surface area contributed by atoms with Gasteiger partial charge in [-0.25, -0.2) is 0 Å². The lowest BCUT2D eigenvalue weighted by Crippen LogP contribution is -2.36. The first-order valence-corrected chi connectivity index (χ1v) is 7.18. The number of hydrogen-bond acceptors (Lipinski definition) is 3. The molecule has 0 bridgehead atoms. The monoisotopic (exact) mass is 283 g/mol. The molecule has 4 heteroatoms. The maximum absolute atomic E-state index is 6.24. The predicted molar refractivity (Wildman–Crippen MR) is 77.6 cm³/mol. The average molecular weight is 284 g/mol. The molecule has 1 saturated heterocycles. The number of halogens is 1. The van der Waals surface area contributed by atoms with E-state index in [0.717, 1.165) is 36.8 Å². The topological polar surface area (TPSA) is 30.5 Å². The molecule has 1 N–H and O–H groups in total. The van der Waals surface area contributed by atoms with Gasteiger partial charge in [-0.1, -0.05) is 29.8 Å². The van der Waals surface area contributed by atoms with Crippen LogP contribution in [0.1, 0.15) is 25.0 Å². The molecule has 0 aliphatic carbocycles. The molecule has 0 unspecified atom stereocenters. The molecule has 19 heavy (non-hydrogen) atoms.